The van der Waals surface area contributed by atoms with Crippen molar-refractivity contribution in [1.29, 1.82) is 0 Å². The lowest BCUT2D eigenvalue weighted by atomic mass is 10.3. The van der Waals surface area contributed by atoms with Crippen LogP contribution in [0, 0.1) is 0 Å². The van der Waals surface area contributed by atoms with Crippen molar-refractivity contribution in [3.63, 3.8) is 0 Å². The van der Waals surface area contributed by atoms with Gasteiger partial charge in [-0.25, -0.2) is 4.98 Å². The number of amides is 1. The van der Waals surface area contributed by atoms with Gasteiger partial charge in [0.05, 0.1) is 10.6 Å². The van der Waals surface area contributed by atoms with E-state index in [1.165, 1.54) is 29.6 Å². The summed E-state index contributed by atoms with van der Waals surface area (Å²) in [4.78, 5) is 27.3. The lowest BCUT2D eigenvalue weighted by Crippen LogP contribution is -2.04. The Morgan fingerprint density at radius 3 is 2.78 bits per heavy atom. The molecule has 1 amide bonds. The predicted molar refractivity (Wildman–Crippen MR) is 75.1 cm³/mol. The van der Waals surface area contributed by atoms with E-state index < -0.39 is 0 Å². The molecule has 2 heterocycles. The number of anilines is 1. The average molecular weight is 278 g/mol. The van der Waals surface area contributed by atoms with Crippen LogP contribution in [0.3, 0.4) is 0 Å². The number of hydrogen-bond donors (Lipinski definition) is 1. The van der Waals surface area contributed by atoms with Gasteiger partial charge in [-0.05, 0) is 24.3 Å². The van der Waals surface area contributed by atoms with Crippen LogP contribution in [0.4, 0.5) is 5.13 Å². The molecular formula is C12H10N2O2S2. The largest absolute Gasteiger partial charge is 0.302 e. The molecule has 2 aromatic rings. The van der Waals surface area contributed by atoms with Crippen molar-refractivity contribution in [2.75, 3.05) is 5.32 Å². The second-order valence-electron chi connectivity index (χ2n) is 3.45. The maximum Gasteiger partial charge on any atom is 0.223 e. The maximum absolute atomic E-state index is 10.8. The maximum atomic E-state index is 10.8. The smallest absolute Gasteiger partial charge is 0.223 e. The second-order valence-corrected chi connectivity index (χ2v) is 5.46. The molecule has 0 unspecified atom stereocenters. The van der Waals surface area contributed by atoms with Crippen LogP contribution in [0.5, 0.6) is 0 Å². The molecule has 0 saturated carbocycles. The monoisotopic (exact) mass is 278 g/mol. The number of carbonyl (C=O) groups excluding carboxylic acids is 2. The fraction of sp³-hybridized carbons (Fsp3) is 0.0833. The highest BCUT2D eigenvalue weighted by Crippen LogP contribution is 2.20. The Balaban J connectivity index is 2.06. The van der Waals surface area contributed by atoms with Gasteiger partial charge in [-0.1, -0.05) is 0 Å². The van der Waals surface area contributed by atoms with Gasteiger partial charge in [-0.3, -0.25) is 9.59 Å². The lowest BCUT2D eigenvalue weighted by Gasteiger charge is -1.92. The van der Waals surface area contributed by atoms with E-state index in [0.29, 0.717) is 10.0 Å². The Kier molecular flexibility index (Phi) is 4.01. The first-order chi connectivity index (χ1) is 8.67. The summed E-state index contributed by atoms with van der Waals surface area (Å²) in [6.45, 7) is 1.45. The Bertz CT molecular complexity index is 599. The fourth-order valence-corrected chi connectivity index (χ4v) is 2.71. The number of aldehydes is 1. The molecule has 18 heavy (non-hydrogen) atoms. The molecule has 1 N–H and O–H groups in total. The van der Waals surface area contributed by atoms with Crippen LogP contribution in [0.25, 0.3) is 12.2 Å². The SMILES string of the molecule is CC(=O)Nc1nc(C=Cc2ccc(C=O)s2)cs1. The molecule has 6 heteroatoms. The molecule has 4 nitrogen and oxygen atoms in total. The topological polar surface area (TPSA) is 59.1 Å². The number of thiophene rings is 1. The second kappa shape index (κ2) is 5.70. The van der Waals surface area contributed by atoms with Crippen molar-refractivity contribution in [2.45, 2.75) is 6.92 Å². The molecule has 2 aromatic heterocycles. The molecule has 0 aliphatic carbocycles. The van der Waals surface area contributed by atoms with E-state index in [1.54, 1.807) is 6.07 Å². The summed E-state index contributed by atoms with van der Waals surface area (Å²) in [6, 6.07) is 3.66. The molecular weight excluding hydrogens is 268 g/mol. The highest BCUT2D eigenvalue weighted by Gasteiger charge is 2.01. The molecule has 0 saturated heterocycles. The minimum Gasteiger partial charge on any atom is -0.302 e. The molecule has 0 aliphatic heterocycles. The number of carbonyl (C=O) groups is 2. The number of hydrogen-bond acceptors (Lipinski definition) is 5. The zero-order chi connectivity index (χ0) is 13.0. The summed E-state index contributed by atoms with van der Waals surface area (Å²) in [5, 5.41) is 5.07. The Hall–Kier alpha value is -1.79. The third-order valence-corrected chi connectivity index (χ3v) is 3.74. The van der Waals surface area contributed by atoms with Crippen molar-refractivity contribution in [3.8, 4) is 0 Å². The average Bonchev–Trinajstić information content (AvgIpc) is 2.94. The Labute approximate surface area is 112 Å². The van der Waals surface area contributed by atoms with Crippen LogP contribution >= 0.6 is 22.7 Å². The zero-order valence-electron chi connectivity index (χ0n) is 9.54. The van der Waals surface area contributed by atoms with Crippen LogP contribution in [-0.2, 0) is 4.79 Å². The van der Waals surface area contributed by atoms with Crippen LogP contribution in [0.2, 0.25) is 0 Å². The third-order valence-electron chi connectivity index (χ3n) is 1.99. The number of nitrogens with zero attached hydrogens (tertiary/aromatic N) is 1. The Morgan fingerprint density at radius 1 is 1.33 bits per heavy atom. The van der Waals surface area contributed by atoms with Gasteiger partial charge in [0, 0.05) is 17.2 Å². The van der Waals surface area contributed by atoms with Crippen molar-refractivity contribution >= 4 is 52.2 Å². The van der Waals surface area contributed by atoms with Gasteiger partial charge in [-0.15, -0.1) is 22.7 Å². The van der Waals surface area contributed by atoms with Crippen LogP contribution < -0.4 is 5.32 Å². The van der Waals surface area contributed by atoms with Gasteiger partial charge in [-0.2, -0.15) is 0 Å². The van der Waals surface area contributed by atoms with Gasteiger partial charge in [0.2, 0.25) is 5.91 Å². The van der Waals surface area contributed by atoms with Gasteiger partial charge in [0.25, 0.3) is 0 Å². The number of nitrogens with one attached hydrogen (secondary N) is 1. The summed E-state index contributed by atoms with van der Waals surface area (Å²) < 4.78 is 0. The minimum absolute atomic E-state index is 0.131. The molecule has 0 radical (unpaired) electrons. The van der Waals surface area contributed by atoms with Crippen molar-refractivity contribution in [1.82, 2.24) is 4.98 Å². The molecule has 0 aliphatic rings. The van der Waals surface area contributed by atoms with Crippen molar-refractivity contribution in [3.05, 3.63) is 33.0 Å². The first-order valence-corrected chi connectivity index (χ1v) is 6.83. The van der Waals surface area contributed by atoms with Crippen LogP contribution in [-0.4, -0.2) is 17.2 Å². The summed E-state index contributed by atoms with van der Waals surface area (Å²) in [7, 11) is 0. The Morgan fingerprint density at radius 2 is 2.11 bits per heavy atom. The highest BCUT2D eigenvalue weighted by molar-refractivity contribution is 7.14. The third kappa shape index (κ3) is 3.35. The molecule has 0 bridgehead atoms. The van der Waals surface area contributed by atoms with E-state index in [2.05, 4.69) is 10.3 Å². The molecule has 0 aromatic carbocycles. The summed E-state index contributed by atoms with van der Waals surface area (Å²) >= 11 is 2.80. The van der Waals surface area contributed by atoms with Crippen molar-refractivity contribution < 1.29 is 9.59 Å². The molecule has 92 valence electrons. The van der Waals surface area contributed by atoms with Crippen molar-refractivity contribution in [2.24, 2.45) is 0 Å². The van der Waals surface area contributed by atoms with E-state index in [0.717, 1.165) is 16.9 Å². The number of aromatic nitrogens is 1. The quantitative estimate of drug-likeness (QED) is 0.874. The first-order valence-electron chi connectivity index (χ1n) is 5.13. The fourth-order valence-electron chi connectivity index (χ4n) is 1.26. The summed E-state index contributed by atoms with van der Waals surface area (Å²) in [6.07, 6.45) is 4.58. The molecule has 2 rings (SSSR count). The van der Waals surface area contributed by atoms with Gasteiger partial charge >= 0.3 is 0 Å². The van der Waals surface area contributed by atoms with E-state index in [9.17, 15) is 9.59 Å². The normalized spacial score (nSPS) is 10.7. The van der Waals surface area contributed by atoms with E-state index in [-0.39, 0.29) is 5.91 Å². The number of rotatable bonds is 4. The number of thiazole rings is 1. The molecule has 0 spiro atoms. The van der Waals surface area contributed by atoms with Crippen LogP contribution in [0.15, 0.2) is 17.5 Å². The molecule has 0 atom stereocenters. The van der Waals surface area contributed by atoms with Crippen LogP contribution in [0.1, 0.15) is 27.2 Å². The van der Waals surface area contributed by atoms with Gasteiger partial charge in [0.1, 0.15) is 0 Å². The molecule has 0 fully saturated rings. The minimum atomic E-state index is -0.131. The highest BCUT2D eigenvalue weighted by atomic mass is 32.1. The van der Waals surface area contributed by atoms with E-state index in [1.807, 2.05) is 23.6 Å². The van der Waals surface area contributed by atoms with E-state index in [4.69, 9.17) is 0 Å². The van der Waals surface area contributed by atoms with Gasteiger partial charge in [0.15, 0.2) is 11.4 Å². The standard InChI is InChI=1S/C12H10N2O2S2/c1-8(16)13-12-14-9(7-17-12)2-3-10-4-5-11(6-15)18-10/h2-7H,1H3,(H,13,14,16). The lowest BCUT2D eigenvalue weighted by molar-refractivity contribution is -0.114. The first kappa shape index (κ1) is 12.7. The predicted octanol–water partition coefficient (Wildman–Crippen LogP) is 3.15. The van der Waals surface area contributed by atoms with E-state index >= 15 is 0 Å². The zero-order valence-corrected chi connectivity index (χ0v) is 11.2. The summed E-state index contributed by atoms with van der Waals surface area (Å²) in [5.41, 5.74) is 0.782. The summed E-state index contributed by atoms with van der Waals surface area (Å²) in [5.74, 6) is -0.131. The van der Waals surface area contributed by atoms with Gasteiger partial charge < -0.3 is 5.32 Å².